The maximum atomic E-state index is 12.6. The molecule has 168 valence electrons. The Kier molecular flexibility index (Phi) is 7.35. The number of rotatable bonds is 8. The zero-order chi connectivity index (χ0) is 22.5. The topological polar surface area (TPSA) is 84.9 Å². The second-order valence-corrected chi connectivity index (χ2v) is 10.1. The summed E-state index contributed by atoms with van der Waals surface area (Å²) in [7, 11) is -3.55. The SMILES string of the molecule is CCC(C)(C)c1ccc(OCC(=O)Nc2ccc(S(=O)(=O)N3CCOCC3)cc2)cc1. The highest BCUT2D eigenvalue weighted by Gasteiger charge is 2.26. The van der Waals surface area contributed by atoms with E-state index in [4.69, 9.17) is 9.47 Å². The quantitative estimate of drug-likeness (QED) is 0.672. The fraction of sp³-hybridized carbons (Fsp3) is 0.435. The van der Waals surface area contributed by atoms with Crippen LogP contribution in [0.4, 0.5) is 5.69 Å². The summed E-state index contributed by atoms with van der Waals surface area (Å²) in [4.78, 5) is 12.4. The molecule has 1 aliphatic rings. The maximum absolute atomic E-state index is 12.6. The first-order valence-corrected chi connectivity index (χ1v) is 11.9. The molecular weight excluding hydrogens is 416 g/mol. The Bertz CT molecular complexity index is 980. The summed E-state index contributed by atoms with van der Waals surface area (Å²) in [6.07, 6.45) is 1.03. The van der Waals surface area contributed by atoms with Crippen molar-refractivity contribution in [2.75, 3.05) is 38.2 Å². The van der Waals surface area contributed by atoms with Crippen molar-refractivity contribution < 1.29 is 22.7 Å². The lowest BCUT2D eigenvalue weighted by molar-refractivity contribution is -0.118. The maximum Gasteiger partial charge on any atom is 0.262 e. The summed E-state index contributed by atoms with van der Waals surface area (Å²) in [5.41, 5.74) is 1.82. The highest BCUT2D eigenvalue weighted by molar-refractivity contribution is 7.89. The van der Waals surface area contributed by atoms with E-state index in [1.807, 2.05) is 24.3 Å². The van der Waals surface area contributed by atoms with E-state index in [9.17, 15) is 13.2 Å². The minimum Gasteiger partial charge on any atom is -0.484 e. The molecule has 2 aromatic rings. The van der Waals surface area contributed by atoms with Gasteiger partial charge in [0.1, 0.15) is 5.75 Å². The first kappa shape index (κ1) is 23.2. The summed E-state index contributed by atoms with van der Waals surface area (Å²) in [6.45, 7) is 7.87. The van der Waals surface area contributed by atoms with Crippen molar-refractivity contribution in [2.45, 2.75) is 37.5 Å². The molecule has 0 radical (unpaired) electrons. The lowest BCUT2D eigenvalue weighted by atomic mass is 9.82. The Hall–Kier alpha value is -2.42. The molecule has 0 atom stereocenters. The van der Waals surface area contributed by atoms with Gasteiger partial charge in [0.15, 0.2) is 6.61 Å². The summed E-state index contributed by atoms with van der Waals surface area (Å²) in [5, 5.41) is 2.72. The van der Waals surface area contributed by atoms with Crippen molar-refractivity contribution in [3.05, 3.63) is 54.1 Å². The van der Waals surface area contributed by atoms with Crippen LogP contribution in [0.2, 0.25) is 0 Å². The molecule has 7 nitrogen and oxygen atoms in total. The number of hydrogen-bond donors (Lipinski definition) is 1. The van der Waals surface area contributed by atoms with E-state index in [2.05, 4.69) is 26.1 Å². The van der Waals surface area contributed by atoms with Gasteiger partial charge in [0, 0.05) is 18.8 Å². The van der Waals surface area contributed by atoms with E-state index in [-0.39, 0.29) is 22.8 Å². The molecule has 0 aliphatic carbocycles. The van der Waals surface area contributed by atoms with E-state index in [0.29, 0.717) is 37.7 Å². The minimum atomic E-state index is -3.55. The number of nitrogens with zero attached hydrogens (tertiary/aromatic N) is 1. The second kappa shape index (κ2) is 9.80. The van der Waals surface area contributed by atoms with Crippen LogP contribution < -0.4 is 10.1 Å². The van der Waals surface area contributed by atoms with Crippen LogP contribution in [0.25, 0.3) is 0 Å². The fourth-order valence-electron chi connectivity index (χ4n) is 3.20. The molecule has 0 bridgehead atoms. The van der Waals surface area contributed by atoms with Crippen LogP contribution in [0.1, 0.15) is 32.8 Å². The molecule has 1 amide bonds. The number of carbonyl (C=O) groups excluding carboxylic acids is 1. The predicted octanol–water partition coefficient (Wildman–Crippen LogP) is 3.41. The van der Waals surface area contributed by atoms with Crippen LogP contribution in [-0.2, 0) is 25.0 Å². The highest BCUT2D eigenvalue weighted by atomic mass is 32.2. The third-order valence-corrected chi connectivity index (χ3v) is 7.55. The number of anilines is 1. The van der Waals surface area contributed by atoms with Gasteiger partial charge in [0.2, 0.25) is 10.0 Å². The van der Waals surface area contributed by atoms with Gasteiger partial charge in [0.05, 0.1) is 18.1 Å². The average Bonchev–Trinajstić information content (AvgIpc) is 2.79. The number of amides is 1. The molecule has 1 saturated heterocycles. The van der Waals surface area contributed by atoms with E-state index in [1.54, 1.807) is 12.1 Å². The van der Waals surface area contributed by atoms with Gasteiger partial charge < -0.3 is 14.8 Å². The van der Waals surface area contributed by atoms with Crippen molar-refractivity contribution in [2.24, 2.45) is 0 Å². The standard InChI is InChI=1S/C23H30N2O5S/c1-4-23(2,3)18-5-9-20(10-6-18)30-17-22(26)24-19-7-11-21(12-8-19)31(27,28)25-13-15-29-16-14-25/h5-12H,4,13-17H2,1-3H3,(H,24,26). The smallest absolute Gasteiger partial charge is 0.262 e. The Labute approximate surface area is 184 Å². The third-order valence-electron chi connectivity index (χ3n) is 5.64. The van der Waals surface area contributed by atoms with Crippen LogP contribution in [0, 0.1) is 0 Å². The van der Waals surface area contributed by atoms with E-state index < -0.39 is 10.0 Å². The Morgan fingerprint density at radius 2 is 1.68 bits per heavy atom. The van der Waals surface area contributed by atoms with Crippen LogP contribution >= 0.6 is 0 Å². The molecule has 8 heteroatoms. The summed E-state index contributed by atoms with van der Waals surface area (Å²) >= 11 is 0. The van der Waals surface area contributed by atoms with Gasteiger partial charge in [-0.15, -0.1) is 0 Å². The van der Waals surface area contributed by atoms with Crippen LogP contribution in [-0.4, -0.2) is 51.5 Å². The molecule has 1 fully saturated rings. The minimum absolute atomic E-state index is 0.0946. The molecule has 0 saturated carbocycles. The second-order valence-electron chi connectivity index (χ2n) is 8.14. The summed E-state index contributed by atoms with van der Waals surface area (Å²) in [5.74, 6) is 0.305. The Morgan fingerprint density at radius 1 is 1.06 bits per heavy atom. The zero-order valence-corrected chi connectivity index (χ0v) is 19.1. The number of ether oxygens (including phenoxy) is 2. The van der Waals surface area contributed by atoms with Crippen molar-refractivity contribution in [1.29, 1.82) is 0 Å². The first-order valence-electron chi connectivity index (χ1n) is 10.4. The number of sulfonamides is 1. The highest BCUT2D eigenvalue weighted by Crippen LogP contribution is 2.28. The Morgan fingerprint density at radius 3 is 2.26 bits per heavy atom. The van der Waals surface area contributed by atoms with Gasteiger partial charge in [-0.3, -0.25) is 4.79 Å². The molecule has 1 N–H and O–H groups in total. The van der Waals surface area contributed by atoms with Crippen LogP contribution in [0.5, 0.6) is 5.75 Å². The van der Waals surface area contributed by atoms with Gasteiger partial charge >= 0.3 is 0 Å². The van der Waals surface area contributed by atoms with Gasteiger partial charge in [-0.25, -0.2) is 8.42 Å². The Balaban J connectivity index is 1.54. The molecular formula is C23H30N2O5S. The first-order chi connectivity index (χ1) is 14.7. The summed E-state index contributed by atoms with van der Waals surface area (Å²) < 4.78 is 37.5. The molecule has 1 aliphatic heterocycles. The van der Waals surface area contributed by atoms with Crippen molar-refractivity contribution >= 4 is 21.6 Å². The van der Waals surface area contributed by atoms with Crippen LogP contribution in [0.3, 0.4) is 0 Å². The monoisotopic (exact) mass is 446 g/mol. The normalized spacial score (nSPS) is 15.5. The fourth-order valence-corrected chi connectivity index (χ4v) is 4.61. The number of carbonyl (C=O) groups is 1. The average molecular weight is 447 g/mol. The molecule has 0 spiro atoms. The number of morpholine rings is 1. The molecule has 1 heterocycles. The lowest BCUT2D eigenvalue weighted by Gasteiger charge is -2.26. The number of benzene rings is 2. The lowest BCUT2D eigenvalue weighted by Crippen LogP contribution is -2.40. The molecule has 3 rings (SSSR count). The van der Waals surface area contributed by atoms with Gasteiger partial charge in [-0.05, 0) is 53.8 Å². The van der Waals surface area contributed by atoms with Gasteiger partial charge in [-0.1, -0.05) is 32.9 Å². The van der Waals surface area contributed by atoms with Gasteiger partial charge in [-0.2, -0.15) is 4.31 Å². The summed E-state index contributed by atoms with van der Waals surface area (Å²) in [6, 6.07) is 13.9. The largest absolute Gasteiger partial charge is 0.484 e. The zero-order valence-electron chi connectivity index (χ0n) is 18.3. The molecule has 0 aromatic heterocycles. The molecule has 2 aromatic carbocycles. The van der Waals surface area contributed by atoms with E-state index in [0.717, 1.165) is 6.42 Å². The molecule has 0 unspecified atom stereocenters. The molecule has 31 heavy (non-hydrogen) atoms. The van der Waals surface area contributed by atoms with Gasteiger partial charge in [0.25, 0.3) is 5.91 Å². The van der Waals surface area contributed by atoms with Crippen LogP contribution in [0.15, 0.2) is 53.4 Å². The number of nitrogens with one attached hydrogen (secondary N) is 1. The predicted molar refractivity (Wildman–Crippen MR) is 120 cm³/mol. The van der Waals surface area contributed by atoms with Crippen molar-refractivity contribution in [1.82, 2.24) is 4.31 Å². The van der Waals surface area contributed by atoms with E-state index in [1.165, 1.54) is 22.0 Å². The van der Waals surface area contributed by atoms with E-state index >= 15 is 0 Å². The third kappa shape index (κ3) is 5.84. The van der Waals surface area contributed by atoms with Crippen molar-refractivity contribution in [3.8, 4) is 5.75 Å². The van der Waals surface area contributed by atoms with Crippen molar-refractivity contribution in [3.63, 3.8) is 0 Å². The number of hydrogen-bond acceptors (Lipinski definition) is 5.